The highest BCUT2D eigenvalue weighted by Gasteiger charge is 2.15. The fourth-order valence-corrected chi connectivity index (χ4v) is 3.23. The number of hydrogen-bond donors (Lipinski definition) is 2. The van der Waals surface area contributed by atoms with Gasteiger partial charge in [-0.3, -0.25) is 9.59 Å². The molecule has 7 heteroatoms. The third-order valence-electron chi connectivity index (χ3n) is 4.63. The molecule has 0 aliphatic carbocycles. The van der Waals surface area contributed by atoms with Crippen LogP contribution in [-0.4, -0.2) is 34.2 Å². The van der Waals surface area contributed by atoms with Crippen LogP contribution < -0.4 is 10.9 Å². The zero-order chi connectivity index (χ0) is 19.5. The van der Waals surface area contributed by atoms with Gasteiger partial charge >= 0.3 is 0 Å². The SMILES string of the molecule is COCCn1cc(C(=O)NCc2nc3ccccc3[nH]2)c2ccccc2c1=O. The van der Waals surface area contributed by atoms with Crippen molar-refractivity contribution in [2.75, 3.05) is 13.7 Å². The van der Waals surface area contributed by atoms with E-state index in [1.165, 1.54) is 4.57 Å². The number of amides is 1. The Labute approximate surface area is 161 Å². The Balaban J connectivity index is 1.64. The van der Waals surface area contributed by atoms with Gasteiger partial charge in [-0.1, -0.05) is 30.3 Å². The number of carbonyl (C=O) groups excluding carboxylic acids is 1. The smallest absolute Gasteiger partial charge is 0.258 e. The highest BCUT2D eigenvalue weighted by molar-refractivity contribution is 6.06. The molecular weight excluding hydrogens is 356 g/mol. The monoisotopic (exact) mass is 376 g/mol. The Morgan fingerprint density at radius 2 is 1.89 bits per heavy atom. The van der Waals surface area contributed by atoms with Crippen molar-refractivity contribution in [2.24, 2.45) is 0 Å². The van der Waals surface area contributed by atoms with Crippen LogP contribution in [0.25, 0.3) is 21.8 Å². The standard InChI is InChI=1S/C21H20N4O3/c1-28-11-10-25-13-16(14-6-2-3-7-15(14)21(25)27)20(26)22-12-19-23-17-8-4-5-9-18(17)24-19/h2-9,13H,10-12H2,1H3,(H,22,26)(H,23,24). The number of fused-ring (bicyclic) bond motifs is 2. The molecule has 2 aromatic heterocycles. The van der Waals surface area contributed by atoms with Crippen LogP contribution in [0, 0.1) is 0 Å². The van der Waals surface area contributed by atoms with E-state index in [1.54, 1.807) is 31.5 Å². The van der Waals surface area contributed by atoms with Crippen LogP contribution in [0.15, 0.2) is 59.5 Å². The fraction of sp³-hybridized carbons (Fsp3) is 0.190. The van der Waals surface area contributed by atoms with Crippen LogP contribution in [0.1, 0.15) is 16.2 Å². The van der Waals surface area contributed by atoms with Crippen molar-refractivity contribution < 1.29 is 9.53 Å². The van der Waals surface area contributed by atoms with Crippen molar-refractivity contribution in [1.82, 2.24) is 19.9 Å². The van der Waals surface area contributed by atoms with Gasteiger partial charge in [-0.15, -0.1) is 0 Å². The van der Waals surface area contributed by atoms with Gasteiger partial charge in [0.25, 0.3) is 11.5 Å². The third-order valence-corrected chi connectivity index (χ3v) is 4.63. The van der Waals surface area contributed by atoms with E-state index in [1.807, 2.05) is 30.3 Å². The minimum Gasteiger partial charge on any atom is -0.383 e. The molecule has 4 aromatic rings. The van der Waals surface area contributed by atoms with Crippen molar-refractivity contribution in [3.05, 3.63) is 76.5 Å². The van der Waals surface area contributed by atoms with Crippen LogP contribution in [0.5, 0.6) is 0 Å². The highest BCUT2D eigenvalue weighted by Crippen LogP contribution is 2.16. The van der Waals surface area contributed by atoms with Gasteiger partial charge in [-0.05, 0) is 18.2 Å². The first-order chi connectivity index (χ1) is 13.7. The first-order valence-electron chi connectivity index (χ1n) is 9.00. The first-order valence-corrected chi connectivity index (χ1v) is 9.00. The zero-order valence-corrected chi connectivity index (χ0v) is 15.4. The molecule has 2 heterocycles. The molecule has 0 aliphatic rings. The number of benzene rings is 2. The van der Waals surface area contributed by atoms with E-state index in [4.69, 9.17) is 4.74 Å². The number of methoxy groups -OCH3 is 1. The van der Waals surface area contributed by atoms with Crippen LogP contribution in [0.2, 0.25) is 0 Å². The fourth-order valence-electron chi connectivity index (χ4n) is 3.23. The molecular formula is C21H20N4O3. The van der Waals surface area contributed by atoms with Crippen LogP contribution >= 0.6 is 0 Å². The quantitative estimate of drug-likeness (QED) is 0.541. The minimum atomic E-state index is -0.261. The third kappa shape index (κ3) is 3.39. The maximum absolute atomic E-state index is 12.9. The van der Waals surface area contributed by atoms with Crippen molar-refractivity contribution in [2.45, 2.75) is 13.1 Å². The normalized spacial score (nSPS) is 11.2. The number of aromatic amines is 1. The molecule has 0 saturated carbocycles. The van der Waals surface area contributed by atoms with Gasteiger partial charge in [0, 0.05) is 30.6 Å². The number of para-hydroxylation sites is 2. The van der Waals surface area contributed by atoms with Crippen molar-refractivity contribution in [1.29, 1.82) is 0 Å². The lowest BCUT2D eigenvalue weighted by Crippen LogP contribution is -2.28. The summed E-state index contributed by atoms with van der Waals surface area (Å²) in [6.07, 6.45) is 1.59. The van der Waals surface area contributed by atoms with Gasteiger partial charge in [0.05, 0.1) is 29.7 Å². The molecule has 7 nitrogen and oxygen atoms in total. The molecule has 0 radical (unpaired) electrons. The number of nitrogens with one attached hydrogen (secondary N) is 2. The van der Waals surface area contributed by atoms with Gasteiger partial charge < -0.3 is 19.6 Å². The van der Waals surface area contributed by atoms with E-state index in [2.05, 4.69) is 15.3 Å². The molecule has 0 saturated heterocycles. The molecule has 0 unspecified atom stereocenters. The average Bonchev–Trinajstić information content (AvgIpc) is 3.15. The Bertz CT molecular complexity index is 1180. The summed E-state index contributed by atoms with van der Waals surface area (Å²) < 4.78 is 6.59. The van der Waals surface area contributed by atoms with E-state index < -0.39 is 0 Å². The lowest BCUT2D eigenvalue weighted by Gasteiger charge is -2.12. The number of carbonyl (C=O) groups is 1. The first kappa shape index (κ1) is 17.9. The highest BCUT2D eigenvalue weighted by atomic mass is 16.5. The van der Waals surface area contributed by atoms with Crippen molar-refractivity contribution in [3.8, 4) is 0 Å². The Kier molecular flexibility index (Phi) is 4.90. The lowest BCUT2D eigenvalue weighted by atomic mass is 10.1. The van der Waals surface area contributed by atoms with Gasteiger partial charge in [0.15, 0.2) is 0 Å². The Morgan fingerprint density at radius 1 is 1.14 bits per heavy atom. The summed E-state index contributed by atoms with van der Waals surface area (Å²) in [4.78, 5) is 33.2. The van der Waals surface area contributed by atoms with Crippen LogP contribution in [0.4, 0.5) is 0 Å². The summed E-state index contributed by atoms with van der Waals surface area (Å²) in [7, 11) is 1.58. The number of hydrogen-bond acceptors (Lipinski definition) is 4. The van der Waals surface area contributed by atoms with Gasteiger partial charge in [-0.2, -0.15) is 0 Å². The molecule has 0 bridgehead atoms. The number of aromatic nitrogens is 3. The maximum Gasteiger partial charge on any atom is 0.258 e. The van der Waals surface area contributed by atoms with Gasteiger partial charge in [0.1, 0.15) is 5.82 Å². The predicted octanol–water partition coefficient (Wildman–Crippen LogP) is 2.45. The van der Waals surface area contributed by atoms with Gasteiger partial charge in [0.2, 0.25) is 0 Å². The molecule has 0 atom stereocenters. The average molecular weight is 376 g/mol. The summed E-state index contributed by atoms with van der Waals surface area (Å²) in [5.74, 6) is 0.411. The molecule has 0 fully saturated rings. The number of nitrogens with zero attached hydrogens (tertiary/aromatic N) is 2. The molecule has 4 rings (SSSR count). The number of rotatable bonds is 6. The maximum atomic E-state index is 12.9. The summed E-state index contributed by atoms with van der Waals surface area (Å²) in [6.45, 7) is 1.03. The molecule has 2 N–H and O–H groups in total. The van der Waals surface area contributed by atoms with Gasteiger partial charge in [-0.25, -0.2) is 4.98 Å². The number of pyridine rings is 1. The van der Waals surface area contributed by atoms with Crippen molar-refractivity contribution in [3.63, 3.8) is 0 Å². The van der Waals surface area contributed by atoms with E-state index >= 15 is 0 Å². The molecule has 0 aliphatic heterocycles. The summed E-state index contributed by atoms with van der Waals surface area (Å²) in [5.41, 5.74) is 2.08. The molecule has 142 valence electrons. The number of imidazole rings is 1. The second-order valence-corrected chi connectivity index (χ2v) is 6.46. The summed E-state index contributed by atoms with van der Waals surface area (Å²) >= 11 is 0. The Morgan fingerprint density at radius 3 is 2.68 bits per heavy atom. The molecule has 28 heavy (non-hydrogen) atoms. The second kappa shape index (κ2) is 7.66. The zero-order valence-electron chi connectivity index (χ0n) is 15.4. The second-order valence-electron chi connectivity index (χ2n) is 6.46. The summed E-state index contributed by atoms with van der Waals surface area (Å²) in [5, 5.41) is 4.03. The predicted molar refractivity (Wildman–Crippen MR) is 107 cm³/mol. The number of H-pyrrole nitrogens is 1. The van der Waals surface area contributed by atoms with Crippen LogP contribution in [-0.2, 0) is 17.8 Å². The lowest BCUT2D eigenvalue weighted by molar-refractivity contribution is 0.0950. The van der Waals surface area contributed by atoms with Crippen molar-refractivity contribution >= 4 is 27.7 Å². The largest absolute Gasteiger partial charge is 0.383 e. The topological polar surface area (TPSA) is 89.0 Å². The number of ether oxygens (including phenoxy) is 1. The van der Waals surface area contributed by atoms with E-state index in [0.717, 1.165) is 11.0 Å². The molecule has 1 amide bonds. The van der Waals surface area contributed by atoms with E-state index in [9.17, 15) is 9.59 Å². The van der Waals surface area contributed by atoms with Crippen LogP contribution in [0.3, 0.4) is 0 Å². The molecule has 2 aromatic carbocycles. The van der Waals surface area contributed by atoms with E-state index in [0.29, 0.717) is 35.3 Å². The Hall–Kier alpha value is -3.45. The molecule has 0 spiro atoms. The summed E-state index contributed by atoms with van der Waals surface area (Å²) in [6, 6.07) is 14.8. The van der Waals surface area contributed by atoms with E-state index in [-0.39, 0.29) is 18.0 Å². The minimum absolute atomic E-state index is 0.138.